The predicted octanol–water partition coefficient (Wildman–Crippen LogP) is 0.762. The highest BCUT2D eigenvalue weighted by Crippen LogP contribution is 2.29. The van der Waals surface area contributed by atoms with E-state index in [2.05, 4.69) is 10.3 Å². The van der Waals surface area contributed by atoms with Gasteiger partial charge in [-0.25, -0.2) is 0 Å². The van der Waals surface area contributed by atoms with Crippen LogP contribution in [0.3, 0.4) is 0 Å². The number of nitrogens with zero attached hydrogens (tertiary/aromatic N) is 1. The van der Waals surface area contributed by atoms with Gasteiger partial charge in [-0.05, 0) is 31.4 Å². The molecular weight excluding hydrogens is 242 g/mol. The molecule has 104 valence electrons. The van der Waals surface area contributed by atoms with Gasteiger partial charge in [0.05, 0.1) is 5.41 Å². The van der Waals surface area contributed by atoms with E-state index in [4.69, 9.17) is 10.5 Å². The normalized spacial score (nSPS) is 18.0. The fourth-order valence-corrected chi connectivity index (χ4v) is 2.26. The van der Waals surface area contributed by atoms with Crippen LogP contribution in [0.5, 0.6) is 0 Å². The van der Waals surface area contributed by atoms with E-state index >= 15 is 0 Å². The first-order valence-corrected chi connectivity index (χ1v) is 6.64. The summed E-state index contributed by atoms with van der Waals surface area (Å²) in [6, 6.07) is 3.91. The van der Waals surface area contributed by atoms with Gasteiger partial charge in [0.25, 0.3) is 0 Å². The Balaban J connectivity index is 1.94. The molecule has 0 radical (unpaired) electrons. The fraction of sp³-hybridized carbons (Fsp3) is 0.571. The average Bonchev–Trinajstić information content (AvgIpc) is 2.47. The van der Waals surface area contributed by atoms with Gasteiger partial charge in [-0.1, -0.05) is 6.07 Å². The summed E-state index contributed by atoms with van der Waals surface area (Å²) in [5.41, 5.74) is 7.31. The molecule has 0 spiro atoms. The molecule has 5 heteroatoms. The lowest BCUT2D eigenvalue weighted by Crippen LogP contribution is -2.48. The Kier molecular flexibility index (Phi) is 4.50. The molecule has 0 aliphatic carbocycles. The van der Waals surface area contributed by atoms with Crippen LogP contribution < -0.4 is 11.1 Å². The summed E-state index contributed by atoms with van der Waals surface area (Å²) in [5.74, 6) is 0.0267. The SMILES string of the molecule is Cc1ccc(CNC(=O)C2(CN)CCOCC2)cn1. The summed E-state index contributed by atoms with van der Waals surface area (Å²) in [6.07, 6.45) is 3.18. The van der Waals surface area contributed by atoms with Crippen molar-refractivity contribution in [2.45, 2.75) is 26.3 Å². The number of hydrogen-bond donors (Lipinski definition) is 2. The zero-order valence-electron chi connectivity index (χ0n) is 11.3. The molecule has 1 aromatic rings. The molecule has 3 N–H and O–H groups in total. The van der Waals surface area contributed by atoms with Crippen molar-refractivity contribution in [2.75, 3.05) is 19.8 Å². The molecule has 1 aromatic heterocycles. The van der Waals surface area contributed by atoms with Crippen molar-refractivity contribution in [3.63, 3.8) is 0 Å². The smallest absolute Gasteiger partial charge is 0.227 e. The Morgan fingerprint density at radius 3 is 2.79 bits per heavy atom. The van der Waals surface area contributed by atoms with E-state index in [-0.39, 0.29) is 5.91 Å². The van der Waals surface area contributed by atoms with Crippen molar-refractivity contribution in [1.82, 2.24) is 10.3 Å². The molecule has 1 amide bonds. The molecule has 0 aromatic carbocycles. The van der Waals surface area contributed by atoms with Gasteiger partial charge in [-0.3, -0.25) is 9.78 Å². The fourth-order valence-electron chi connectivity index (χ4n) is 2.26. The molecule has 0 unspecified atom stereocenters. The van der Waals surface area contributed by atoms with E-state index < -0.39 is 5.41 Å². The molecule has 2 heterocycles. The summed E-state index contributed by atoms with van der Waals surface area (Å²) in [6.45, 7) is 4.02. The topological polar surface area (TPSA) is 77.2 Å². The maximum Gasteiger partial charge on any atom is 0.227 e. The summed E-state index contributed by atoms with van der Waals surface area (Å²) < 4.78 is 5.31. The van der Waals surface area contributed by atoms with Crippen molar-refractivity contribution < 1.29 is 9.53 Å². The van der Waals surface area contributed by atoms with Crippen LogP contribution >= 0.6 is 0 Å². The van der Waals surface area contributed by atoms with Crippen molar-refractivity contribution in [2.24, 2.45) is 11.1 Å². The minimum Gasteiger partial charge on any atom is -0.381 e. The largest absolute Gasteiger partial charge is 0.381 e. The minimum absolute atomic E-state index is 0.0267. The zero-order chi connectivity index (χ0) is 13.7. The first-order chi connectivity index (χ1) is 9.16. The molecule has 2 rings (SSSR count). The van der Waals surface area contributed by atoms with Gasteiger partial charge in [0.1, 0.15) is 0 Å². The maximum absolute atomic E-state index is 12.3. The second-order valence-corrected chi connectivity index (χ2v) is 5.09. The first-order valence-electron chi connectivity index (χ1n) is 6.64. The molecule has 0 bridgehead atoms. The average molecular weight is 263 g/mol. The number of aromatic nitrogens is 1. The number of rotatable bonds is 4. The molecular formula is C14H21N3O2. The molecule has 0 saturated carbocycles. The van der Waals surface area contributed by atoms with Crippen LogP contribution in [-0.2, 0) is 16.1 Å². The monoisotopic (exact) mass is 263 g/mol. The van der Waals surface area contributed by atoms with Crippen molar-refractivity contribution in [1.29, 1.82) is 0 Å². The third-order valence-corrected chi connectivity index (χ3v) is 3.75. The number of amides is 1. The number of hydrogen-bond acceptors (Lipinski definition) is 4. The second kappa shape index (κ2) is 6.12. The Morgan fingerprint density at radius 2 is 2.21 bits per heavy atom. The van der Waals surface area contributed by atoms with E-state index in [1.54, 1.807) is 6.20 Å². The third-order valence-electron chi connectivity index (χ3n) is 3.75. The highest BCUT2D eigenvalue weighted by Gasteiger charge is 2.38. The van der Waals surface area contributed by atoms with Gasteiger partial charge >= 0.3 is 0 Å². The van der Waals surface area contributed by atoms with Gasteiger partial charge in [0, 0.05) is 38.2 Å². The number of nitrogens with one attached hydrogen (secondary N) is 1. The number of carbonyl (C=O) groups is 1. The van der Waals surface area contributed by atoms with Crippen molar-refractivity contribution >= 4 is 5.91 Å². The number of carbonyl (C=O) groups excluding carboxylic acids is 1. The molecule has 5 nitrogen and oxygen atoms in total. The highest BCUT2D eigenvalue weighted by atomic mass is 16.5. The van der Waals surface area contributed by atoms with Crippen molar-refractivity contribution in [3.05, 3.63) is 29.6 Å². The van der Waals surface area contributed by atoms with Crippen LogP contribution in [-0.4, -0.2) is 30.6 Å². The Morgan fingerprint density at radius 1 is 1.47 bits per heavy atom. The summed E-state index contributed by atoms with van der Waals surface area (Å²) in [7, 11) is 0. The summed E-state index contributed by atoms with van der Waals surface area (Å²) in [5, 5.41) is 2.97. The van der Waals surface area contributed by atoms with Gasteiger partial charge in [0.15, 0.2) is 0 Å². The number of aryl methyl sites for hydroxylation is 1. The van der Waals surface area contributed by atoms with Crippen LogP contribution in [0.1, 0.15) is 24.1 Å². The Labute approximate surface area is 113 Å². The number of nitrogens with two attached hydrogens (primary N) is 1. The molecule has 0 atom stereocenters. The molecule has 1 fully saturated rings. The van der Waals surface area contributed by atoms with E-state index in [1.165, 1.54) is 0 Å². The van der Waals surface area contributed by atoms with E-state index in [0.717, 1.165) is 11.3 Å². The number of ether oxygens (including phenoxy) is 1. The van der Waals surface area contributed by atoms with Gasteiger partial charge in [-0.2, -0.15) is 0 Å². The van der Waals surface area contributed by atoms with E-state index in [0.29, 0.717) is 39.1 Å². The zero-order valence-corrected chi connectivity index (χ0v) is 11.3. The lowest BCUT2D eigenvalue weighted by molar-refractivity contribution is -0.136. The quantitative estimate of drug-likeness (QED) is 0.841. The van der Waals surface area contributed by atoms with Crippen LogP contribution in [0.4, 0.5) is 0 Å². The Hall–Kier alpha value is -1.46. The lowest BCUT2D eigenvalue weighted by Gasteiger charge is -2.34. The summed E-state index contributed by atoms with van der Waals surface area (Å²) >= 11 is 0. The highest BCUT2D eigenvalue weighted by molar-refractivity contribution is 5.83. The molecule has 1 aliphatic heterocycles. The molecule has 1 aliphatic rings. The second-order valence-electron chi connectivity index (χ2n) is 5.09. The summed E-state index contributed by atoms with van der Waals surface area (Å²) in [4.78, 5) is 16.5. The Bertz CT molecular complexity index is 425. The lowest BCUT2D eigenvalue weighted by atomic mass is 9.79. The van der Waals surface area contributed by atoms with Gasteiger partial charge in [-0.15, -0.1) is 0 Å². The van der Waals surface area contributed by atoms with Crippen LogP contribution in [0.15, 0.2) is 18.3 Å². The minimum atomic E-state index is -0.462. The number of pyridine rings is 1. The van der Waals surface area contributed by atoms with Gasteiger partial charge in [0.2, 0.25) is 5.91 Å². The molecule has 1 saturated heterocycles. The first kappa shape index (κ1) is 14.0. The van der Waals surface area contributed by atoms with E-state index in [1.807, 2.05) is 19.1 Å². The van der Waals surface area contributed by atoms with E-state index in [9.17, 15) is 4.79 Å². The maximum atomic E-state index is 12.3. The van der Waals surface area contributed by atoms with Crippen LogP contribution in [0.2, 0.25) is 0 Å². The predicted molar refractivity (Wildman–Crippen MR) is 72.4 cm³/mol. The standard InChI is InChI=1S/C14H21N3O2/c1-11-2-3-12(8-16-11)9-17-13(18)14(10-15)4-6-19-7-5-14/h2-3,8H,4-7,9-10,15H2,1H3,(H,17,18). The van der Waals surface area contributed by atoms with Crippen LogP contribution in [0, 0.1) is 12.3 Å². The molecule has 19 heavy (non-hydrogen) atoms. The van der Waals surface area contributed by atoms with Crippen LogP contribution in [0.25, 0.3) is 0 Å². The van der Waals surface area contributed by atoms with Crippen molar-refractivity contribution in [3.8, 4) is 0 Å². The third kappa shape index (κ3) is 3.30. The van der Waals surface area contributed by atoms with Gasteiger partial charge < -0.3 is 15.8 Å².